The minimum Gasteiger partial charge on any atom is -0.385 e. The van der Waals surface area contributed by atoms with Crippen LogP contribution in [0.3, 0.4) is 0 Å². The zero-order valence-electron chi connectivity index (χ0n) is 20.5. The maximum atomic E-state index is 13.6. The SMILES string of the molecule is CC(C)(C)C(NC(=O)c1c[nH]c2ncc(C3CC3)nc12)C(=O)N1CCC(O)(c2ccccc2)CC1. The van der Waals surface area contributed by atoms with Gasteiger partial charge in [-0.15, -0.1) is 0 Å². The molecule has 2 fully saturated rings. The molecule has 1 aromatic carbocycles. The Morgan fingerprint density at radius 2 is 1.86 bits per heavy atom. The first kappa shape index (κ1) is 23.5. The van der Waals surface area contributed by atoms with Crippen molar-refractivity contribution in [1.82, 2.24) is 25.2 Å². The van der Waals surface area contributed by atoms with Crippen molar-refractivity contribution in [3.63, 3.8) is 0 Å². The fraction of sp³-hybridized carbons (Fsp3) is 0.481. The van der Waals surface area contributed by atoms with Crippen molar-refractivity contribution in [2.75, 3.05) is 13.1 Å². The topological polar surface area (TPSA) is 111 Å². The second kappa shape index (κ2) is 8.75. The summed E-state index contributed by atoms with van der Waals surface area (Å²) in [4.78, 5) is 40.8. The third kappa shape index (κ3) is 4.67. The van der Waals surface area contributed by atoms with Crippen LogP contribution in [0.25, 0.3) is 11.2 Å². The van der Waals surface area contributed by atoms with E-state index < -0.39 is 17.1 Å². The fourth-order valence-electron chi connectivity index (χ4n) is 4.83. The second-order valence-corrected chi connectivity index (χ2v) is 11.0. The third-order valence-electron chi connectivity index (χ3n) is 7.24. The zero-order chi connectivity index (χ0) is 24.8. The van der Waals surface area contributed by atoms with Crippen LogP contribution in [0, 0.1) is 5.41 Å². The van der Waals surface area contributed by atoms with Crippen LogP contribution >= 0.6 is 0 Å². The number of hydrogen-bond donors (Lipinski definition) is 3. The van der Waals surface area contributed by atoms with Gasteiger partial charge >= 0.3 is 0 Å². The van der Waals surface area contributed by atoms with Crippen molar-refractivity contribution >= 4 is 23.0 Å². The van der Waals surface area contributed by atoms with Gasteiger partial charge in [-0.2, -0.15) is 0 Å². The zero-order valence-corrected chi connectivity index (χ0v) is 20.5. The Bertz CT molecular complexity index is 1230. The summed E-state index contributed by atoms with van der Waals surface area (Å²) in [5.74, 6) is -0.0506. The largest absolute Gasteiger partial charge is 0.385 e. The molecule has 8 heteroatoms. The van der Waals surface area contributed by atoms with Gasteiger partial charge in [0.2, 0.25) is 5.91 Å². The number of nitrogens with zero attached hydrogens (tertiary/aromatic N) is 3. The van der Waals surface area contributed by atoms with Gasteiger partial charge in [0.05, 0.1) is 23.1 Å². The minimum absolute atomic E-state index is 0.134. The molecule has 1 saturated carbocycles. The van der Waals surface area contributed by atoms with Crippen LogP contribution in [-0.4, -0.2) is 55.9 Å². The lowest BCUT2D eigenvalue weighted by Gasteiger charge is -2.41. The van der Waals surface area contributed by atoms with Crippen molar-refractivity contribution in [2.24, 2.45) is 5.41 Å². The number of piperidine rings is 1. The van der Waals surface area contributed by atoms with Crippen LogP contribution in [0.4, 0.5) is 0 Å². The smallest absolute Gasteiger partial charge is 0.255 e. The molecule has 2 amide bonds. The van der Waals surface area contributed by atoms with E-state index in [4.69, 9.17) is 0 Å². The molecule has 1 atom stereocenters. The molecule has 3 aromatic rings. The van der Waals surface area contributed by atoms with E-state index >= 15 is 0 Å². The van der Waals surface area contributed by atoms with E-state index in [1.54, 1.807) is 17.3 Å². The van der Waals surface area contributed by atoms with E-state index in [2.05, 4.69) is 20.3 Å². The molecule has 1 aliphatic carbocycles. The van der Waals surface area contributed by atoms with Gasteiger partial charge in [-0.3, -0.25) is 9.59 Å². The number of aromatic amines is 1. The first-order valence-electron chi connectivity index (χ1n) is 12.4. The molecule has 5 rings (SSSR count). The number of rotatable bonds is 5. The van der Waals surface area contributed by atoms with Crippen LogP contribution in [0.15, 0.2) is 42.7 Å². The molecule has 2 aliphatic rings. The highest BCUT2D eigenvalue weighted by Gasteiger charge is 2.41. The summed E-state index contributed by atoms with van der Waals surface area (Å²) in [6.07, 6.45) is 6.49. The number of nitrogens with one attached hydrogen (secondary N) is 2. The van der Waals surface area contributed by atoms with Gasteiger partial charge in [0.15, 0.2) is 5.65 Å². The normalized spacial score (nSPS) is 18.9. The summed E-state index contributed by atoms with van der Waals surface area (Å²) >= 11 is 0. The summed E-state index contributed by atoms with van der Waals surface area (Å²) in [6, 6.07) is 8.89. The molecule has 3 heterocycles. The molecule has 1 aliphatic heterocycles. The number of aliphatic hydroxyl groups is 1. The molecule has 35 heavy (non-hydrogen) atoms. The van der Waals surface area contributed by atoms with Crippen LogP contribution in [0.2, 0.25) is 0 Å². The van der Waals surface area contributed by atoms with Gasteiger partial charge in [-0.25, -0.2) is 9.97 Å². The highest BCUT2D eigenvalue weighted by molar-refractivity contribution is 6.06. The van der Waals surface area contributed by atoms with E-state index in [1.807, 2.05) is 51.1 Å². The lowest BCUT2D eigenvalue weighted by molar-refractivity contribution is -0.140. The monoisotopic (exact) mass is 475 g/mol. The van der Waals surface area contributed by atoms with Crippen molar-refractivity contribution in [2.45, 2.75) is 64.0 Å². The predicted octanol–water partition coefficient (Wildman–Crippen LogP) is 3.49. The summed E-state index contributed by atoms with van der Waals surface area (Å²) in [5.41, 5.74) is 1.84. The van der Waals surface area contributed by atoms with E-state index in [0.29, 0.717) is 48.6 Å². The molecule has 1 saturated heterocycles. The van der Waals surface area contributed by atoms with E-state index in [1.165, 1.54) is 0 Å². The van der Waals surface area contributed by atoms with Crippen molar-refractivity contribution in [3.05, 3.63) is 59.5 Å². The predicted molar refractivity (Wildman–Crippen MR) is 133 cm³/mol. The number of fused-ring (bicyclic) bond motifs is 1. The van der Waals surface area contributed by atoms with Crippen molar-refractivity contribution in [3.8, 4) is 0 Å². The molecule has 3 N–H and O–H groups in total. The van der Waals surface area contributed by atoms with Crippen LogP contribution in [-0.2, 0) is 10.4 Å². The van der Waals surface area contributed by atoms with Gasteiger partial charge < -0.3 is 20.3 Å². The quantitative estimate of drug-likeness (QED) is 0.523. The summed E-state index contributed by atoms with van der Waals surface area (Å²) in [6.45, 7) is 6.69. The van der Waals surface area contributed by atoms with Gasteiger partial charge in [0.25, 0.3) is 5.91 Å². The van der Waals surface area contributed by atoms with Crippen LogP contribution < -0.4 is 5.32 Å². The number of H-pyrrole nitrogens is 1. The number of aromatic nitrogens is 3. The van der Waals surface area contributed by atoms with Gasteiger partial charge in [0.1, 0.15) is 11.6 Å². The third-order valence-corrected chi connectivity index (χ3v) is 7.24. The standard InChI is InChI=1S/C27H33N5O3/c1-26(2,3)22(25(34)32-13-11-27(35,12-14-32)18-7-5-4-6-8-18)31-24(33)19-15-28-23-21(19)30-20(16-29-23)17-9-10-17/h4-8,15-17,22,35H,9-14H2,1-3H3,(H,28,29)(H,31,33). The van der Waals surface area contributed by atoms with Gasteiger partial charge in [-0.05, 0) is 36.7 Å². The van der Waals surface area contributed by atoms with E-state index in [0.717, 1.165) is 24.1 Å². The van der Waals surface area contributed by atoms with E-state index in [-0.39, 0.29) is 11.8 Å². The Kier molecular flexibility index (Phi) is 5.87. The van der Waals surface area contributed by atoms with Gasteiger partial charge in [0, 0.05) is 25.2 Å². The molecule has 0 spiro atoms. The van der Waals surface area contributed by atoms with E-state index in [9.17, 15) is 14.7 Å². The number of hydrogen-bond acceptors (Lipinski definition) is 5. The molecule has 0 radical (unpaired) electrons. The average molecular weight is 476 g/mol. The minimum atomic E-state index is -0.944. The van der Waals surface area contributed by atoms with Crippen LogP contribution in [0.1, 0.15) is 74.0 Å². The van der Waals surface area contributed by atoms with Crippen molar-refractivity contribution < 1.29 is 14.7 Å². The average Bonchev–Trinajstić information content (AvgIpc) is 3.61. The lowest BCUT2D eigenvalue weighted by Crippen LogP contribution is -2.57. The Hall–Kier alpha value is -3.26. The summed E-state index contributed by atoms with van der Waals surface area (Å²) in [7, 11) is 0. The number of likely N-dealkylation sites (tertiary alicyclic amines) is 1. The molecule has 0 bridgehead atoms. The van der Waals surface area contributed by atoms with Gasteiger partial charge in [-0.1, -0.05) is 51.1 Å². The lowest BCUT2D eigenvalue weighted by atomic mass is 9.82. The summed E-state index contributed by atoms with van der Waals surface area (Å²) in [5, 5.41) is 14.1. The maximum Gasteiger partial charge on any atom is 0.255 e. The number of amides is 2. The maximum absolute atomic E-state index is 13.6. The van der Waals surface area contributed by atoms with Crippen LogP contribution in [0.5, 0.6) is 0 Å². The molecule has 2 aromatic heterocycles. The summed E-state index contributed by atoms with van der Waals surface area (Å²) < 4.78 is 0. The Morgan fingerprint density at radius 1 is 1.17 bits per heavy atom. The van der Waals surface area contributed by atoms with Crippen molar-refractivity contribution in [1.29, 1.82) is 0 Å². The molecule has 1 unspecified atom stereocenters. The number of benzene rings is 1. The highest BCUT2D eigenvalue weighted by atomic mass is 16.3. The Labute approximate surface area is 205 Å². The Balaban J connectivity index is 1.32. The molecule has 184 valence electrons. The number of carbonyl (C=O) groups is 2. The molecular weight excluding hydrogens is 442 g/mol. The first-order valence-corrected chi connectivity index (χ1v) is 12.4. The molecular formula is C27H33N5O3. The number of carbonyl (C=O) groups excluding carboxylic acids is 2. The highest BCUT2D eigenvalue weighted by Crippen LogP contribution is 2.39. The first-order chi connectivity index (χ1) is 16.7. The Morgan fingerprint density at radius 3 is 2.49 bits per heavy atom. The fourth-order valence-corrected chi connectivity index (χ4v) is 4.83. The second-order valence-electron chi connectivity index (χ2n) is 11.0. The molecule has 8 nitrogen and oxygen atoms in total.